The number of rotatable bonds is 1. The number of fused-ring (bicyclic) bond motifs is 3. The Morgan fingerprint density at radius 1 is 1.12 bits per heavy atom. The van der Waals surface area contributed by atoms with Crippen LogP contribution in [-0.4, -0.2) is 21.4 Å². The van der Waals surface area contributed by atoms with Crippen LogP contribution in [0.5, 0.6) is 5.75 Å². The molecule has 2 aliphatic rings. The van der Waals surface area contributed by atoms with Crippen molar-refractivity contribution in [2.24, 2.45) is 0 Å². The van der Waals surface area contributed by atoms with Gasteiger partial charge in [-0.3, -0.25) is 0 Å². The molecular formula is C18H13BrN4O. The van der Waals surface area contributed by atoms with Gasteiger partial charge in [0.05, 0.1) is 5.70 Å². The molecule has 5 rings (SSSR count). The van der Waals surface area contributed by atoms with Crippen LogP contribution in [0.2, 0.25) is 0 Å². The van der Waals surface area contributed by atoms with Gasteiger partial charge in [-0.05, 0) is 29.8 Å². The lowest BCUT2D eigenvalue weighted by molar-refractivity contribution is 0.328. The first-order valence-electron chi connectivity index (χ1n) is 7.68. The molecule has 24 heavy (non-hydrogen) atoms. The molecule has 0 aliphatic carbocycles. The largest absolute Gasteiger partial charge is 0.488 e. The van der Waals surface area contributed by atoms with Crippen LogP contribution in [-0.2, 0) is 0 Å². The summed E-state index contributed by atoms with van der Waals surface area (Å²) in [5.74, 6) is 1.64. The second kappa shape index (κ2) is 5.21. The predicted octanol–water partition coefficient (Wildman–Crippen LogP) is 3.86. The van der Waals surface area contributed by atoms with E-state index in [1.54, 1.807) is 6.33 Å². The van der Waals surface area contributed by atoms with E-state index in [9.17, 15) is 0 Å². The van der Waals surface area contributed by atoms with Crippen molar-refractivity contribution in [3.8, 4) is 5.75 Å². The van der Waals surface area contributed by atoms with Gasteiger partial charge in [0.15, 0.2) is 0 Å². The van der Waals surface area contributed by atoms with E-state index in [4.69, 9.17) is 4.74 Å². The SMILES string of the molecule is Brc1ccc([C@@H]2C3=C(Nc4ncnn42)c2ccccc2OC3)cc1. The van der Waals surface area contributed by atoms with Gasteiger partial charge in [0, 0.05) is 15.6 Å². The van der Waals surface area contributed by atoms with E-state index in [0.717, 1.165) is 38.6 Å². The summed E-state index contributed by atoms with van der Waals surface area (Å²) >= 11 is 3.50. The Kier molecular flexibility index (Phi) is 2.99. The van der Waals surface area contributed by atoms with E-state index in [1.807, 2.05) is 35.0 Å². The molecule has 118 valence electrons. The van der Waals surface area contributed by atoms with Crippen molar-refractivity contribution in [1.29, 1.82) is 0 Å². The quantitative estimate of drug-likeness (QED) is 0.696. The molecule has 5 nitrogen and oxygen atoms in total. The first-order valence-corrected chi connectivity index (χ1v) is 8.48. The number of hydrogen-bond donors (Lipinski definition) is 1. The van der Waals surface area contributed by atoms with Crippen molar-refractivity contribution in [3.63, 3.8) is 0 Å². The Hall–Kier alpha value is -2.60. The summed E-state index contributed by atoms with van der Waals surface area (Å²) in [5, 5.41) is 7.85. The zero-order valence-corrected chi connectivity index (χ0v) is 14.2. The lowest BCUT2D eigenvalue weighted by Gasteiger charge is -2.34. The van der Waals surface area contributed by atoms with Crippen molar-refractivity contribution >= 4 is 27.6 Å². The zero-order valence-electron chi connectivity index (χ0n) is 12.6. The summed E-state index contributed by atoms with van der Waals surface area (Å²) in [5.41, 5.74) is 4.45. The van der Waals surface area contributed by atoms with E-state index in [1.165, 1.54) is 0 Å². The van der Waals surface area contributed by atoms with E-state index >= 15 is 0 Å². The van der Waals surface area contributed by atoms with Gasteiger partial charge in [-0.15, -0.1) is 0 Å². The average Bonchev–Trinajstić information content (AvgIpc) is 3.09. The molecule has 1 N–H and O–H groups in total. The second-order valence-corrected chi connectivity index (χ2v) is 6.71. The molecule has 1 atom stereocenters. The Labute approximate surface area is 147 Å². The topological polar surface area (TPSA) is 52.0 Å². The van der Waals surface area contributed by atoms with Crippen LogP contribution in [0.25, 0.3) is 5.70 Å². The number of hydrogen-bond acceptors (Lipinski definition) is 4. The van der Waals surface area contributed by atoms with Gasteiger partial charge in [-0.1, -0.05) is 40.2 Å². The van der Waals surface area contributed by atoms with E-state index in [0.29, 0.717) is 6.61 Å². The van der Waals surface area contributed by atoms with E-state index < -0.39 is 0 Å². The van der Waals surface area contributed by atoms with Crippen molar-refractivity contribution in [3.05, 3.63) is 76.0 Å². The maximum atomic E-state index is 5.99. The van der Waals surface area contributed by atoms with Crippen molar-refractivity contribution in [2.45, 2.75) is 6.04 Å². The fourth-order valence-electron chi connectivity index (χ4n) is 3.34. The smallest absolute Gasteiger partial charge is 0.226 e. The van der Waals surface area contributed by atoms with Crippen LogP contribution in [0, 0.1) is 0 Å². The molecule has 0 amide bonds. The van der Waals surface area contributed by atoms with Crippen molar-refractivity contribution < 1.29 is 4.74 Å². The third kappa shape index (κ3) is 1.99. The first-order chi connectivity index (χ1) is 11.8. The summed E-state index contributed by atoms with van der Waals surface area (Å²) in [6.45, 7) is 0.527. The highest BCUT2D eigenvalue weighted by Gasteiger charge is 2.34. The van der Waals surface area contributed by atoms with Gasteiger partial charge in [0.1, 0.15) is 24.7 Å². The average molecular weight is 381 g/mol. The number of ether oxygens (including phenoxy) is 1. The molecule has 2 aliphatic heterocycles. The molecule has 1 aromatic heterocycles. The standard InChI is InChI=1S/C18H13BrN4O/c19-12-7-5-11(6-8-12)17-14-9-24-15-4-2-1-3-13(15)16(14)22-18-20-10-21-23(17)18/h1-8,10,17H,9H2,(H,20,21,22)/t17-/m1/s1. The lowest BCUT2D eigenvalue weighted by atomic mass is 9.92. The Balaban J connectivity index is 1.73. The minimum atomic E-state index is -0.0276. The fourth-order valence-corrected chi connectivity index (χ4v) is 3.60. The number of anilines is 1. The summed E-state index contributed by atoms with van der Waals surface area (Å²) in [6.07, 6.45) is 1.58. The molecule has 0 radical (unpaired) electrons. The number of benzene rings is 2. The second-order valence-electron chi connectivity index (χ2n) is 5.79. The summed E-state index contributed by atoms with van der Waals surface area (Å²) in [6, 6.07) is 16.4. The zero-order chi connectivity index (χ0) is 16.1. The first kappa shape index (κ1) is 13.8. The van der Waals surface area contributed by atoms with Gasteiger partial charge in [0.25, 0.3) is 0 Å². The molecular weight excluding hydrogens is 368 g/mol. The van der Waals surface area contributed by atoms with Crippen LogP contribution in [0.3, 0.4) is 0 Å². The normalized spacial score (nSPS) is 18.1. The van der Waals surface area contributed by atoms with Crippen molar-refractivity contribution in [1.82, 2.24) is 14.8 Å². The number of aromatic nitrogens is 3. The number of nitrogens with one attached hydrogen (secondary N) is 1. The highest BCUT2D eigenvalue weighted by molar-refractivity contribution is 9.10. The van der Waals surface area contributed by atoms with Gasteiger partial charge in [0.2, 0.25) is 5.95 Å². The van der Waals surface area contributed by atoms with Crippen LogP contribution in [0.4, 0.5) is 5.95 Å². The monoisotopic (exact) mass is 380 g/mol. The third-order valence-electron chi connectivity index (χ3n) is 4.43. The Bertz CT molecular complexity index is 961. The molecule has 0 saturated carbocycles. The molecule has 0 fully saturated rings. The number of halogens is 1. The Morgan fingerprint density at radius 2 is 1.96 bits per heavy atom. The van der Waals surface area contributed by atoms with Gasteiger partial charge in [-0.25, -0.2) is 4.68 Å². The maximum Gasteiger partial charge on any atom is 0.226 e. The maximum absolute atomic E-state index is 5.99. The molecule has 0 spiro atoms. The van der Waals surface area contributed by atoms with E-state index in [2.05, 4.69) is 49.5 Å². The molecule has 0 saturated heterocycles. The Morgan fingerprint density at radius 3 is 2.83 bits per heavy atom. The summed E-state index contributed by atoms with van der Waals surface area (Å²) in [4.78, 5) is 4.37. The molecule has 0 bridgehead atoms. The highest BCUT2D eigenvalue weighted by Crippen LogP contribution is 2.43. The highest BCUT2D eigenvalue weighted by atomic mass is 79.9. The van der Waals surface area contributed by atoms with Crippen LogP contribution in [0.15, 0.2) is 64.9 Å². The minimum Gasteiger partial charge on any atom is -0.488 e. The molecule has 2 aromatic carbocycles. The van der Waals surface area contributed by atoms with Crippen LogP contribution < -0.4 is 10.1 Å². The molecule has 0 unspecified atom stereocenters. The third-order valence-corrected chi connectivity index (χ3v) is 4.96. The minimum absolute atomic E-state index is 0.0276. The molecule has 3 aromatic rings. The number of para-hydroxylation sites is 1. The summed E-state index contributed by atoms with van der Waals surface area (Å²) in [7, 11) is 0. The van der Waals surface area contributed by atoms with Crippen LogP contribution >= 0.6 is 15.9 Å². The van der Waals surface area contributed by atoms with Gasteiger partial charge >= 0.3 is 0 Å². The lowest BCUT2D eigenvalue weighted by Crippen LogP contribution is -2.30. The summed E-state index contributed by atoms with van der Waals surface area (Å²) < 4.78 is 8.96. The van der Waals surface area contributed by atoms with Crippen LogP contribution in [0.1, 0.15) is 17.2 Å². The molecule has 6 heteroatoms. The van der Waals surface area contributed by atoms with Crippen molar-refractivity contribution in [2.75, 3.05) is 11.9 Å². The van der Waals surface area contributed by atoms with Gasteiger partial charge in [-0.2, -0.15) is 10.1 Å². The van der Waals surface area contributed by atoms with Gasteiger partial charge < -0.3 is 10.1 Å². The fraction of sp³-hybridized carbons (Fsp3) is 0.111. The molecule has 3 heterocycles. The van der Waals surface area contributed by atoms with E-state index in [-0.39, 0.29) is 6.04 Å². The predicted molar refractivity (Wildman–Crippen MR) is 94.8 cm³/mol. The number of nitrogens with zero attached hydrogens (tertiary/aromatic N) is 3.